The number of hydrogen-bond donors (Lipinski definition) is 3. The van der Waals surface area contributed by atoms with Crippen LogP contribution in [0.4, 0.5) is 0 Å². The number of aldehydes is 2. The number of carbonyl (C=O) groups is 2. The molecule has 3 N–H and O–H groups in total. The number of rotatable bonds is 7. The van der Waals surface area contributed by atoms with E-state index < -0.39 is 5.41 Å². The molecule has 0 saturated carbocycles. The summed E-state index contributed by atoms with van der Waals surface area (Å²) in [6.07, 6.45) is 1.94. The quantitative estimate of drug-likeness (QED) is 0.639. The van der Waals surface area contributed by atoms with E-state index >= 15 is 0 Å². The van der Waals surface area contributed by atoms with Crippen molar-refractivity contribution in [1.82, 2.24) is 0 Å². The Hall–Kier alpha value is -1.76. The average molecular weight is 298 g/mol. The highest BCUT2D eigenvalue weighted by atomic mass is 16.5. The fourth-order valence-electron chi connectivity index (χ4n) is 1.40. The molecule has 118 valence electrons. The molecule has 0 unspecified atom stereocenters. The molecule has 1 aromatic carbocycles. The molecule has 0 spiro atoms. The second kappa shape index (κ2) is 10.0. The summed E-state index contributed by atoms with van der Waals surface area (Å²) in [5, 5.41) is 26.0. The Kier molecular flexibility index (Phi) is 9.20. The van der Waals surface area contributed by atoms with Crippen LogP contribution in [0.1, 0.15) is 34.1 Å². The summed E-state index contributed by atoms with van der Waals surface area (Å²) in [5.41, 5.74) is 0.194. The molecular formula is C15H22O6. The van der Waals surface area contributed by atoms with Crippen molar-refractivity contribution in [3.63, 3.8) is 0 Å². The summed E-state index contributed by atoms with van der Waals surface area (Å²) < 4.78 is 4.89. The normalized spacial score (nSPS) is 10.3. The smallest absolute Gasteiger partial charge is 0.153 e. The minimum Gasteiger partial charge on any atom is -0.496 e. The van der Waals surface area contributed by atoms with Gasteiger partial charge >= 0.3 is 0 Å². The molecule has 0 atom stereocenters. The zero-order valence-electron chi connectivity index (χ0n) is 12.3. The van der Waals surface area contributed by atoms with Crippen LogP contribution < -0.4 is 4.74 Å². The van der Waals surface area contributed by atoms with Crippen molar-refractivity contribution in [3.8, 4) is 5.75 Å². The number of aliphatic hydroxyl groups excluding tert-OH is 3. The number of methoxy groups -OCH3 is 1. The number of hydrogen-bond acceptors (Lipinski definition) is 6. The van der Waals surface area contributed by atoms with Crippen molar-refractivity contribution < 1.29 is 29.6 Å². The van der Waals surface area contributed by atoms with Gasteiger partial charge in [-0.2, -0.15) is 0 Å². The van der Waals surface area contributed by atoms with Gasteiger partial charge in [0, 0.05) is 11.0 Å². The van der Waals surface area contributed by atoms with Crippen LogP contribution in [0.2, 0.25) is 0 Å². The van der Waals surface area contributed by atoms with Crippen LogP contribution in [0.15, 0.2) is 18.2 Å². The van der Waals surface area contributed by atoms with Gasteiger partial charge in [-0.3, -0.25) is 9.59 Å². The average Bonchev–Trinajstić information content (AvgIpc) is 2.57. The minimum atomic E-state index is -0.667. The molecule has 0 radical (unpaired) electrons. The van der Waals surface area contributed by atoms with Gasteiger partial charge in [0.05, 0.1) is 32.5 Å². The highest BCUT2D eigenvalue weighted by Crippen LogP contribution is 2.18. The van der Waals surface area contributed by atoms with Gasteiger partial charge < -0.3 is 20.1 Å². The Bertz CT molecular complexity index is 422. The summed E-state index contributed by atoms with van der Waals surface area (Å²) in [7, 11) is 1.48. The lowest BCUT2D eigenvalue weighted by Crippen LogP contribution is -2.32. The first-order valence-electron chi connectivity index (χ1n) is 6.47. The molecule has 0 amide bonds. The zero-order chi connectivity index (χ0) is 16.3. The first kappa shape index (κ1) is 19.2. The highest BCUT2D eigenvalue weighted by Gasteiger charge is 2.24. The predicted molar refractivity (Wildman–Crippen MR) is 77.8 cm³/mol. The molecule has 6 nitrogen and oxygen atoms in total. The lowest BCUT2D eigenvalue weighted by molar-refractivity contribution is 0.00304. The maximum absolute atomic E-state index is 10.5. The summed E-state index contributed by atoms with van der Waals surface area (Å²) in [5.74, 6) is 0.482. The van der Waals surface area contributed by atoms with E-state index in [1.807, 2.05) is 6.92 Å². The third-order valence-electron chi connectivity index (χ3n) is 3.27. The van der Waals surface area contributed by atoms with Gasteiger partial charge in [-0.1, -0.05) is 6.92 Å². The molecule has 0 fully saturated rings. The Balaban J connectivity index is 0.000000400. The Morgan fingerprint density at radius 1 is 1.10 bits per heavy atom. The van der Waals surface area contributed by atoms with Gasteiger partial charge in [-0.05, 0) is 24.6 Å². The van der Waals surface area contributed by atoms with Crippen LogP contribution in [0.3, 0.4) is 0 Å². The third kappa shape index (κ3) is 5.63. The van der Waals surface area contributed by atoms with Crippen LogP contribution in [0.25, 0.3) is 0 Å². The molecule has 21 heavy (non-hydrogen) atoms. The largest absolute Gasteiger partial charge is 0.496 e. The number of aliphatic hydroxyl groups is 3. The van der Waals surface area contributed by atoms with E-state index in [2.05, 4.69) is 0 Å². The van der Waals surface area contributed by atoms with Gasteiger partial charge in [-0.15, -0.1) is 0 Å². The Morgan fingerprint density at radius 2 is 1.67 bits per heavy atom. The molecule has 0 aliphatic carbocycles. The molecule has 0 bridgehead atoms. The molecular weight excluding hydrogens is 276 g/mol. The predicted octanol–water partition coefficient (Wildman–Crippen LogP) is 0.680. The minimum absolute atomic E-state index is 0.156. The van der Waals surface area contributed by atoms with Crippen LogP contribution in [0, 0.1) is 5.41 Å². The summed E-state index contributed by atoms with van der Waals surface area (Å²) in [4.78, 5) is 20.8. The summed E-state index contributed by atoms with van der Waals surface area (Å²) in [6.45, 7) is 1.35. The molecule has 6 heteroatoms. The van der Waals surface area contributed by atoms with Gasteiger partial charge in [-0.25, -0.2) is 0 Å². The van der Waals surface area contributed by atoms with Crippen molar-refractivity contribution in [2.75, 3.05) is 26.9 Å². The van der Waals surface area contributed by atoms with Crippen LogP contribution >= 0.6 is 0 Å². The van der Waals surface area contributed by atoms with E-state index in [1.54, 1.807) is 12.1 Å². The fourth-order valence-corrected chi connectivity index (χ4v) is 1.40. The van der Waals surface area contributed by atoms with Crippen molar-refractivity contribution in [2.24, 2.45) is 5.41 Å². The van der Waals surface area contributed by atoms with E-state index in [0.29, 0.717) is 35.9 Å². The lowest BCUT2D eigenvalue weighted by Gasteiger charge is -2.24. The van der Waals surface area contributed by atoms with Gasteiger partial charge in [0.15, 0.2) is 6.29 Å². The fraction of sp³-hybridized carbons (Fsp3) is 0.467. The van der Waals surface area contributed by atoms with E-state index in [1.165, 1.54) is 13.2 Å². The SMILES string of the molecule is CCC(CO)(CO)CO.COc1ccc(C=O)cc1C=O. The van der Waals surface area contributed by atoms with E-state index in [-0.39, 0.29) is 19.8 Å². The van der Waals surface area contributed by atoms with Crippen molar-refractivity contribution in [2.45, 2.75) is 13.3 Å². The van der Waals surface area contributed by atoms with Gasteiger partial charge in [0.2, 0.25) is 0 Å². The third-order valence-corrected chi connectivity index (χ3v) is 3.27. The Labute approximate surface area is 124 Å². The zero-order valence-corrected chi connectivity index (χ0v) is 12.3. The number of carbonyl (C=O) groups excluding carboxylic acids is 2. The van der Waals surface area contributed by atoms with Crippen LogP contribution in [-0.4, -0.2) is 54.8 Å². The van der Waals surface area contributed by atoms with E-state index in [4.69, 9.17) is 20.1 Å². The van der Waals surface area contributed by atoms with Gasteiger partial charge in [0.25, 0.3) is 0 Å². The highest BCUT2D eigenvalue weighted by molar-refractivity contribution is 5.84. The monoisotopic (exact) mass is 298 g/mol. The molecule has 0 saturated heterocycles. The molecule has 0 heterocycles. The van der Waals surface area contributed by atoms with E-state index in [9.17, 15) is 9.59 Å². The molecule has 1 aromatic rings. The van der Waals surface area contributed by atoms with Crippen LogP contribution in [-0.2, 0) is 0 Å². The lowest BCUT2D eigenvalue weighted by atomic mass is 9.88. The maximum atomic E-state index is 10.5. The second-order valence-electron chi connectivity index (χ2n) is 4.56. The van der Waals surface area contributed by atoms with Gasteiger partial charge in [0.1, 0.15) is 12.0 Å². The maximum Gasteiger partial charge on any atom is 0.153 e. The molecule has 0 aliphatic rings. The van der Waals surface area contributed by atoms with Crippen molar-refractivity contribution >= 4 is 12.6 Å². The second-order valence-corrected chi connectivity index (χ2v) is 4.56. The summed E-state index contributed by atoms with van der Waals surface area (Å²) in [6, 6.07) is 4.67. The first-order chi connectivity index (χ1) is 10.1. The molecule has 1 rings (SSSR count). The van der Waals surface area contributed by atoms with Crippen LogP contribution in [0.5, 0.6) is 5.75 Å². The van der Waals surface area contributed by atoms with Crippen molar-refractivity contribution in [3.05, 3.63) is 29.3 Å². The van der Waals surface area contributed by atoms with Crippen molar-refractivity contribution in [1.29, 1.82) is 0 Å². The first-order valence-corrected chi connectivity index (χ1v) is 6.47. The standard InChI is InChI=1S/C9H8O3.C6H14O3/c1-12-9-3-2-7(5-10)4-8(9)6-11;1-2-6(3-7,4-8)5-9/h2-6H,1H3;7-9H,2-5H2,1H3. The molecule has 0 aliphatic heterocycles. The Morgan fingerprint density at radius 3 is 1.95 bits per heavy atom. The topological polar surface area (TPSA) is 104 Å². The summed E-state index contributed by atoms with van der Waals surface area (Å²) >= 11 is 0. The number of benzene rings is 1. The van der Waals surface area contributed by atoms with E-state index in [0.717, 1.165) is 0 Å². The molecule has 0 aromatic heterocycles. The number of ether oxygens (including phenoxy) is 1.